The number of anilines is 2. The van der Waals surface area contributed by atoms with Crippen LogP contribution < -0.4 is 10.2 Å². The van der Waals surface area contributed by atoms with Gasteiger partial charge in [-0.25, -0.2) is 9.37 Å². The number of rotatable bonds is 4. The fourth-order valence-electron chi connectivity index (χ4n) is 3.27. The van der Waals surface area contributed by atoms with E-state index in [0.717, 1.165) is 18.7 Å². The number of halogens is 4. The zero-order valence-electron chi connectivity index (χ0n) is 15.9. The lowest BCUT2D eigenvalue weighted by atomic mass is 10.2. The van der Waals surface area contributed by atoms with Gasteiger partial charge in [0.1, 0.15) is 11.6 Å². The molecule has 9 heteroatoms. The molecule has 156 valence electrons. The van der Waals surface area contributed by atoms with Gasteiger partial charge in [-0.1, -0.05) is 6.07 Å². The van der Waals surface area contributed by atoms with Crippen molar-refractivity contribution in [3.05, 3.63) is 54.0 Å². The molecule has 2 aromatic rings. The van der Waals surface area contributed by atoms with Crippen LogP contribution in [0.25, 0.3) is 0 Å². The molecule has 0 saturated carbocycles. The van der Waals surface area contributed by atoms with Gasteiger partial charge in [0.2, 0.25) is 5.91 Å². The van der Waals surface area contributed by atoms with E-state index >= 15 is 0 Å². The quantitative estimate of drug-likeness (QED) is 0.780. The average molecular weight is 410 g/mol. The van der Waals surface area contributed by atoms with Crippen molar-refractivity contribution in [1.82, 2.24) is 9.88 Å². The van der Waals surface area contributed by atoms with Gasteiger partial charge in [-0.15, -0.1) is 0 Å². The first-order valence-corrected chi connectivity index (χ1v) is 9.33. The highest BCUT2D eigenvalue weighted by atomic mass is 19.4. The molecule has 0 radical (unpaired) electrons. The van der Waals surface area contributed by atoms with Crippen LogP contribution in [0.3, 0.4) is 0 Å². The summed E-state index contributed by atoms with van der Waals surface area (Å²) in [5.41, 5.74) is -0.382. The molecule has 1 saturated heterocycles. The second-order valence-electron chi connectivity index (χ2n) is 6.95. The Labute approximate surface area is 166 Å². The molecule has 1 aliphatic heterocycles. The van der Waals surface area contributed by atoms with Crippen LogP contribution in [-0.2, 0) is 11.0 Å². The van der Waals surface area contributed by atoms with Gasteiger partial charge in [-0.2, -0.15) is 13.2 Å². The van der Waals surface area contributed by atoms with Gasteiger partial charge < -0.3 is 10.2 Å². The maximum absolute atomic E-state index is 13.3. The number of nitrogens with zero attached hydrogens (tertiary/aromatic N) is 3. The maximum atomic E-state index is 13.3. The summed E-state index contributed by atoms with van der Waals surface area (Å²) in [4.78, 5) is 20.4. The molecule has 29 heavy (non-hydrogen) atoms. The molecule has 0 spiro atoms. The largest absolute Gasteiger partial charge is 0.417 e. The van der Waals surface area contributed by atoms with E-state index in [9.17, 15) is 22.4 Å². The fraction of sp³-hybridized carbons (Fsp3) is 0.400. The van der Waals surface area contributed by atoms with Gasteiger partial charge in [-0.3, -0.25) is 9.69 Å². The third-order valence-electron chi connectivity index (χ3n) is 4.95. The summed E-state index contributed by atoms with van der Waals surface area (Å²) < 4.78 is 51.4. The van der Waals surface area contributed by atoms with E-state index in [1.807, 2.05) is 9.80 Å². The van der Waals surface area contributed by atoms with Crippen molar-refractivity contribution in [2.24, 2.45) is 0 Å². The maximum Gasteiger partial charge on any atom is 0.417 e. The van der Waals surface area contributed by atoms with Gasteiger partial charge in [0.15, 0.2) is 0 Å². The number of alkyl halides is 3. The van der Waals surface area contributed by atoms with Crippen LogP contribution in [0.4, 0.5) is 29.1 Å². The summed E-state index contributed by atoms with van der Waals surface area (Å²) in [5, 5.41) is 2.71. The van der Waals surface area contributed by atoms with E-state index in [2.05, 4.69) is 10.3 Å². The van der Waals surface area contributed by atoms with Crippen molar-refractivity contribution in [3.8, 4) is 0 Å². The SMILES string of the molecule is C[C@@H](C(=O)Nc1cccc(F)c1)N1CCCN(c2ccc(C(F)(F)F)cn2)CC1. The van der Waals surface area contributed by atoms with Crippen molar-refractivity contribution in [2.75, 3.05) is 36.4 Å². The number of hydrogen-bond donors (Lipinski definition) is 1. The van der Waals surface area contributed by atoms with Crippen LogP contribution in [0, 0.1) is 5.82 Å². The molecule has 0 unspecified atom stereocenters. The molecule has 1 aromatic carbocycles. The number of hydrogen-bond acceptors (Lipinski definition) is 4. The summed E-state index contributed by atoms with van der Waals surface area (Å²) in [6.45, 7) is 4.17. The van der Waals surface area contributed by atoms with Gasteiger partial charge in [0.05, 0.1) is 11.6 Å². The van der Waals surface area contributed by atoms with Crippen LogP contribution in [0.2, 0.25) is 0 Å². The second-order valence-corrected chi connectivity index (χ2v) is 6.95. The minimum Gasteiger partial charge on any atom is -0.355 e. The molecule has 0 aliphatic carbocycles. The Kier molecular flexibility index (Phi) is 6.36. The minimum absolute atomic E-state index is 0.239. The van der Waals surface area contributed by atoms with Crippen LogP contribution in [0.5, 0.6) is 0 Å². The molecule has 1 amide bonds. The first kappa shape index (κ1) is 21.0. The Morgan fingerprint density at radius 2 is 1.93 bits per heavy atom. The van der Waals surface area contributed by atoms with E-state index in [1.54, 1.807) is 13.0 Å². The summed E-state index contributed by atoms with van der Waals surface area (Å²) in [6, 6.07) is 7.67. The zero-order valence-corrected chi connectivity index (χ0v) is 15.9. The monoisotopic (exact) mass is 410 g/mol. The first-order valence-electron chi connectivity index (χ1n) is 9.33. The van der Waals surface area contributed by atoms with Crippen molar-refractivity contribution >= 4 is 17.4 Å². The molecule has 3 rings (SSSR count). The summed E-state index contributed by atoms with van der Waals surface area (Å²) >= 11 is 0. The van der Waals surface area contributed by atoms with Crippen LogP contribution >= 0.6 is 0 Å². The minimum atomic E-state index is -4.41. The third-order valence-corrected chi connectivity index (χ3v) is 4.95. The molecule has 1 atom stereocenters. The summed E-state index contributed by atoms with van der Waals surface area (Å²) in [6.07, 6.45) is -2.83. The molecule has 1 aromatic heterocycles. The average Bonchev–Trinajstić information content (AvgIpc) is 2.93. The van der Waals surface area contributed by atoms with Gasteiger partial charge >= 0.3 is 6.18 Å². The number of benzene rings is 1. The van der Waals surface area contributed by atoms with E-state index in [4.69, 9.17) is 0 Å². The number of carbonyl (C=O) groups is 1. The van der Waals surface area contributed by atoms with E-state index in [-0.39, 0.29) is 5.91 Å². The lowest BCUT2D eigenvalue weighted by Crippen LogP contribution is -2.44. The van der Waals surface area contributed by atoms with Crippen molar-refractivity contribution in [3.63, 3.8) is 0 Å². The highest BCUT2D eigenvalue weighted by Gasteiger charge is 2.31. The van der Waals surface area contributed by atoms with Crippen LogP contribution in [0.1, 0.15) is 18.9 Å². The van der Waals surface area contributed by atoms with Crippen LogP contribution in [-0.4, -0.2) is 48.0 Å². The Balaban J connectivity index is 1.59. The topological polar surface area (TPSA) is 48.5 Å². The standard InChI is InChI=1S/C20H22F4N4O/c1-14(19(29)26-17-5-2-4-16(21)12-17)27-8-3-9-28(11-10-27)18-7-6-15(13-25-18)20(22,23)24/h2,4-7,12-14H,3,8-11H2,1H3,(H,26,29)/t14-/m0/s1. The number of pyridine rings is 1. The smallest absolute Gasteiger partial charge is 0.355 e. The molecule has 0 bridgehead atoms. The predicted molar refractivity (Wildman–Crippen MR) is 102 cm³/mol. The number of aromatic nitrogens is 1. The molecule has 1 aliphatic rings. The number of amides is 1. The lowest BCUT2D eigenvalue weighted by molar-refractivity contribution is -0.137. The van der Waals surface area contributed by atoms with E-state index < -0.39 is 23.6 Å². The fourth-order valence-corrected chi connectivity index (χ4v) is 3.27. The molecular weight excluding hydrogens is 388 g/mol. The molecule has 1 N–H and O–H groups in total. The second kappa shape index (κ2) is 8.77. The lowest BCUT2D eigenvalue weighted by Gasteiger charge is -2.27. The van der Waals surface area contributed by atoms with Gasteiger partial charge in [0.25, 0.3) is 0 Å². The molecular formula is C20H22F4N4O. The Morgan fingerprint density at radius 3 is 2.59 bits per heavy atom. The normalized spacial score (nSPS) is 16.9. The number of carbonyl (C=O) groups excluding carboxylic acids is 1. The van der Waals surface area contributed by atoms with Crippen molar-refractivity contribution in [2.45, 2.75) is 25.6 Å². The Bertz CT molecular complexity index is 841. The van der Waals surface area contributed by atoms with Gasteiger partial charge in [0, 0.05) is 38.1 Å². The van der Waals surface area contributed by atoms with E-state index in [0.29, 0.717) is 37.7 Å². The summed E-state index contributed by atoms with van der Waals surface area (Å²) in [7, 11) is 0. The highest BCUT2D eigenvalue weighted by Crippen LogP contribution is 2.29. The Hall–Kier alpha value is -2.68. The predicted octanol–water partition coefficient (Wildman–Crippen LogP) is 3.78. The van der Waals surface area contributed by atoms with Crippen LogP contribution in [0.15, 0.2) is 42.6 Å². The highest BCUT2D eigenvalue weighted by molar-refractivity contribution is 5.94. The van der Waals surface area contributed by atoms with Crippen molar-refractivity contribution < 1.29 is 22.4 Å². The third kappa shape index (κ3) is 5.44. The molecule has 1 fully saturated rings. The molecule has 5 nitrogen and oxygen atoms in total. The molecule has 2 heterocycles. The van der Waals surface area contributed by atoms with Gasteiger partial charge in [-0.05, 0) is 43.7 Å². The van der Waals surface area contributed by atoms with E-state index in [1.165, 1.54) is 24.3 Å². The van der Waals surface area contributed by atoms with Crippen molar-refractivity contribution in [1.29, 1.82) is 0 Å². The Morgan fingerprint density at radius 1 is 1.14 bits per heavy atom. The first-order chi connectivity index (χ1) is 13.7. The summed E-state index contributed by atoms with van der Waals surface area (Å²) in [5.74, 6) is -0.182. The number of nitrogens with one attached hydrogen (secondary N) is 1. The zero-order chi connectivity index (χ0) is 21.0.